The lowest BCUT2D eigenvalue weighted by molar-refractivity contribution is -0.338. The van der Waals surface area contributed by atoms with Crippen molar-refractivity contribution in [2.24, 2.45) is 0 Å². The number of alkyl carbamates (subject to hydrolysis) is 1. The van der Waals surface area contributed by atoms with Crippen LogP contribution in [0.5, 0.6) is 0 Å². The highest BCUT2D eigenvalue weighted by Gasteiger charge is 2.69. The Labute approximate surface area is 164 Å². The van der Waals surface area contributed by atoms with E-state index in [1.807, 2.05) is 0 Å². The van der Waals surface area contributed by atoms with Crippen LogP contribution in [-0.2, 0) is 28.5 Å². The molecule has 4 unspecified atom stereocenters. The molecule has 0 saturated carbocycles. The standard InChI is InChI=1S/C18H30N2O8/c1-15(2,3)28-14(23)19-8-17-9-25-18(10-24-17,20-7-6-11(21)22)13-12(17)26-16(4,5)27-13/h12-13,20H,6-10H2,1-5H3,(H,19,23)(H,21,22). The average Bonchev–Trinajstić information content (AvgIpc) is 2.90. The van der Waals surface area contributed by atoms with E-state index < -0.39 is 47.0 Å². The number of carboxylic acid groups (broad SMARTS) is 1. The average molecular weight is 402 g/mol. The first kappa shape index (κ1) is 21.3. The summed E-state index contributed by atoms with van der Waals surface area (Å²) in [6.07, 6.45) is -1.63. The molecular formula is C18H30N2O8. The summed E-state index contributed by atoms with van der Waals surface area (Å²) >= 11 is 0. The van der Waals surface area contributed by atoms with Gasteiger partial charge in [0.2, 0.25) is 0 Å². The molecule has 10 nitrogen and oxygen atoms in total. The van der Waals surface area contributed by atoms with Crippen LogP contribution in [-0.4, -0.2) is 78.4 Å². The summed E-state index contributed by atoms with van der Waals surface area (Å²) in [6.45, 7) is 9.59. The summed E-state index contributed by atoms with van der Waals surface area (Å²) < 4.78 is 29.6. The van der Waals surface area contributed by atoms with Crippen LogP contribution < -0.4 is 10.6 Å². The number of nitrogens with one attached hydrogen (secondary N) is 2. The lowest BCUT2D eigenvalue weighted by Crippen LogP contribution is -2.79. The maximum absolute atomic E-state index is 12.1. The zero-order valence-corrected chi connectivity index (χ0v) is 17.0. The molecule has 0 aliphatic carbocycles. The Bertz CT molecular complexity index is 622. The predicted octanol–water partition coefficient (Wildman–Crippen LogP) is 0.591. The number of amides is 1. The van der Waals surface area contributed by atoms with Crippen molar-refractivity contribution in [2.45, 2.75) is 76.0 Å². The Morgan fingerprint density at radius 2 is 1.82 bits per heavy atom. The lowest BCUT2D eigenvalue weighted by atomic mass is 9.81. The van der Waals surface area contributed by atoms with Crippen molar-refractivity contribution >= 4 is 12.1 Å². The van der Waals surface area contributed by atoms with Gasteiger partial charge in [0.15, 0.2) is 11.5 Å². The molecule has 4 atom stereocenters. The van der Waals surface area contributed by atoms with Gasteiger partial charge in [-0.25, -0.2) is 4.79 Å². The van der Waals surface area contributed by atoms with Gasteiger partial charge in [-0.2, -0.15) is 0 Å². The third kappa shape index (κ3) is 4.25. The molecule has 0 aromatic rings. The number of ether oxygens (including phenoxy) is 5. The quantitative estimate of drug-likeness (QED) is 0.585. The van der Waals surface area contributed by atoms with Crippen molar-refractivity contribution in [3.8, 4) is 0 Å². The van der Waals surface area contributed by atoms with Crippen LogP contribution in [0, 0.1) is 0 Å². The molecule has 1 amide bonds. The number of fused-ring (bicyclic) bond motifs is 2. The van der Waals surface area contributed by atoms with Crippen LogP contribution in [0.3, 0.4) is 0 Å². The summed E-state index contributed by atoms with van der Waals surface area (Å²) in [5.41, 5.74) is -2.54. The number of carbonyl (C=O) groups is 2. The molecule has 4 rings (SSSR count). The summed E-state index contributed by atoms with van der Waals surface area (Å²) in [4.78, 5) is 22.9. The molecular weight excluding hydrogens is 372 g/mol. The smallest absolute Gasteiger partial charge is 0.407 e. The molecule has 10 heteroatoms. The molecule has 0 aromatic heterocycles. The lowest BCUT2D eigenvalue weighted by Gasteiger charge is -2.57. The van der Waals surface area contributed by atoms with E-state index >= 15 is 0 Å². The largest absolute Gasteiger partial charge is 0.481 e. The molecule has 0 spiro atoms. The molecule has 3 N–H and O–H groups in total. The highest BCUT2D eigenvalue weighted by atomic mass is 16.8. The minimum atomic E-state index is -0.998. The van der Waals surface area contributed by atoms with Crippen molar-refractivity contribution < 1.29 is 38.4 Å². The Balaban J connectivity index is 1.72. The molecule has 2 bridgehead atoms. The number of rotatable bonds is 6. The molecule has 160 valence electrons. The number of hydrogen-bond acceptors (Lipinski definition) is 8. The molecule has 28 heavy (non-hydrogen) atoms. The predicted molar refractivity (Wildman–Crippen MR) is 95.7 cm³/mol. The highest BCUT2D eigenvalue weighted by Crippen LogP contribution is 2.48. The van der Waals surface area contributed by atoms with Crippen molar-refractivity contribution in [1.29, 1.82) is 0 Å². The molecule has 4 saturated heterocycles. The summed E-state index contributed by atoms with van der Waals surface area (Å²) in [7, 11) is 0. The fraction of sp³-hybridized carbons (Fsp3) is 0.889. The van der Waals surface area contributed by atoms with Gasteiger partial charge in [0.25, 0.3) is 0 Å². The Kier molecular flexibility index (Phi) is 5.39. The van der Waals surface area contributed by atoms with Crippen molar-refractivity contribution in [2.75, 3.05) is 26.3 Å². The van der Waals surface area contributed by atoms with Gasteiger partial charge < -0.3 is 34.1 Å². The molecule has 4 aliphatic rings. The second-order valence-electron chi connectivity index (χ2n) is 8.93. The molecule has 4 aliphatic heterocycles. The van der Waals surface area contributed by atoms with E-state index in [0.29, 0.717) is 0 Å². The van der Waals surface area contributed by atoms with E-state index in [1.54, 1.807) is 34.6 Å². The van der Waals surface area contributed by atoms with E-state index in [2.05, 4.69) is 10.6 Å². The zero-order valence-electron chi connectivity index (χ0n) is 17.0. The van der Waals surface area contributed by atoms with Crippen LogP contribution in [0.4, 0.5) is 4.79 Å². The van der Waals surface area contributed by atoms with Gasteiger partial charge in [-0.3, -0.25) is 10.1 Å². The molecule has 4 fully saturated rings. The minimum Gasteiger partial charge on any atom is -0.481 e. The van der Waals surface area contributed by atoms with Gasteiger partial charge in [-0.1, -0.05) is 0 Å². The summed E-state index contributed by atoms with van der Waals surface area (Å²) in [5, 5.41) is 14.8. The third-order valence-corrected chi connectivity index (χ3v) is 4.92. The van der Waals surface area contributed by atoms with E-state index in [0.717, 1.165) is 0 Å². The first-order chi connectivity index (χ1) is 12.9. The number of aliphatic carboxylic acids is 1. The Hall–Kier alpha value is -1.46. The van der Waals surface area contributed by atoms with Gasteiger partial charge >= 0.3 is 12.1 Å². The monoisotopic (exact) mass is 402 g/mol. The van der Waals surface area contributed by atoms with Gasteiger partial charge in [-0.15, -0.1) is 0 Å². The fourth-order valence-electron chi connectivity index (χ4n) is 3.72. The van der Waals surface area contributed by atoms with Gasteiger partial charge in [0.05, 0.1) is 26.2 Å². The molecule has 0 radical (unpaired) electrons. The third-order valence-electron chi connectivity index (χ3n) is 4.92. The number of carboxylic acids is 1. The van der Waals surface area contributed by atoms with E-state index in [-0.39, 0.29) is 32.7 Å². The summed E-state index contributed by atoms with van der Waals surface area (Å²) in [6, 6.07) is 0. The highest BCUT2D eigenvalue weighted by molar-refractivity contribution is 5.68. The summed E-state index contributed by atoms with van der Waals surface area (Å²) in [5.74, 6) is -1.78. The van der Waals surface area contributed by atoms with Crippen LogP contribution in [0.25, 0.3) is 0 Å². The topological polar surface area (TPSA) is 125 Å². The second kappa shape index (κ2) is 7.10. The van der Waals surface area contributed by atoms with Crippen LogP contribution in [0.1, 0.15) is 41.0 Å². The van der Waals surface area contributed by atoms with Gasteiger partial charge in [-0.05, 0) is 34.6 Å². The van der Waals surface area contributed by atoms with Crippen molar-refractivity contribution in [3.05, 3.63) is 0 Å². The van der Waals surface area contributed by atoms with Crippen LogP contribution in [0.2, 0.25) is 0 Å². The maximum Gasteiger partial charge on any atom is 0.407 e. The normalized spacial score (nSPS) is 36.0. The number of hydrogen-bond donors (Lipinski definition) is 3. The Morgan fingerprint density at radius 3 is 2.39 bits per heavy atom. The van der Waals surface area contributed by atoms with E-state index in [9.17, 15) is 9.59 Å². The molecule has 0 aromatic carbocycles. The van der Waals surface area contributed by atoms with Crippen LogP contribution >= 0.6 is 0 Å². The SMILES string of the molecule is CC(C)(C)OC(=O)NCC12COC(NCCC(=O)O)(CO1)C1OC(C)(C)OC12. The Morgan fingerprint density at radius 1 is 1.14 bits per heavy atom. The van der Waals surface area contributed by atoms with Crippen molar-refractivity contribution in [3.63, 3.8) is 0 Å². The first-order valence-corrected chi connectivity index (χ1v) is 9.44. The van der Waals surface area contributed by atoms with Crippen molar-refractivity contribution in [1.82, 2.24) is 10.6 Å². The van der Waals surface area contributed by atoms with E-state index in [4.69, 9.17) is 28.8 Å². The number of carbonyl (C=O) groups excluding carboxylic acids is 1. The maximum atomic E-state index is 12.1. The van der Waals surface area contributed by atoms with Gasteiger partial charge in [0, 0.05) is 6.54 Å². The molecule has 4 heterocycles. The second-order valence-corrected chi connectivity index (χ2v) is 8.93. The minimum absolute atomic E-state index is 0.0575. The first-order valence-electron chi connectivity index (χ1n) is 9.44. The van der Waals surface area contributed by atoms with E-state index in [1.165, 1.54) is 0 Å². The van der Waals surface area contributed by atoms with Crippen LogP contribution in [0.15, 0.2) is 0 Å². The zero-order chi connectivity index (χ0) is 20.8. The fourth-order valence-corrected chi connectivity index (χ4v) is 3.72. The van der Waals surface area contributed by atoms with Gasteiger partial charge in [0.1, 0.15) is 23.4 Å².